The Morgan fingerprint density at radius 3 is 2.56 bits per heavy atom. The van der Waals surface area contributed by atoms with Gasteiger partial charge in [-0.05, 0) is 25.0 Å². The number of rotatable bonds is 0. The minimum atomic E-state index is -4.43. The highest BCUT2D eigenvalue weighted by Gasteiger charge is 2.51. The SMILES string of the molecule is O=C1Nc2cccc(C(F)(F)F)c2NCC12CC2. The van der Waals surface area contributed by atoms with Crippen LogP contribution in [0.4, 0.5) is 24.5 Å². The number of anilines is 2. The van der Waals surface area contributed by atoms with E-state index in [0.717, 1.165) is 18.9 Å². The summed E-state index contributed by atoms with van der Waals surface area (Å²) in [5.74, 6) is -0.187. The zero-order valence-corrected chi connectivity index (χ0v) is 9.40. The lowest BCUT2D eigenvalue weighted by atomic mass is 10.1. The zero-order chi connectivity index (χ0) is 13.0. The van der Waals surface area contributed by atoms with E-state index in [1.807, 2.05) is 0 Å². The van der Waals surface area contributed by atoms with Crippen molar-refractivity contribution < 1.29 is 18.0 Å². The number of benzene rings is 1. The van der Waals surface area contributed by atoms with E-state index >= 15 is 0 Å². The predicted octanol–water partition coefficient (Wildman–Crippen LogP) is 2.85. The largest absolute Gasteiger partial charge is 0.418 e. The van der Waals surface area contributed by atoms with Crippen molar-refractivity contribution >= 4 is 17.3 Å². The van der Waals surface area contributed by atoms with Crippen LogP contribution in [0.5, 0.6) is 0 Å². The zero-order valence-electron chi connectivity index (χ0n) is 9.40. The van der Waals surface area contributed by atoms with Gasteiger partial charge in [0.2, 0.25) is 5.91 Å². The molecular formula is C12H11F3N2O. The molecule has 2 aliphatic rings. The summed E-state index contributed by atoms with van der Waals surface area (Å²) in [6.45, 7) is 0.263. The van der Waals surface area contributed by atoms with Crippen LogP contribution >= 0.6 is 0 Å². The number of alkyl halides is 3. The third-order valence-electron chi connectivity index (χ3n) is 3.56. The van der Waals surface area contributed by atoms with Crippen molar-refractivity contribution in [3.8, 4) is 0 Å². The Balaban J connectivity index is 2.06. The van der Waals surface area contributed by atoms with Gasteiger partial charge in [0.05, 0.1) is 22.4 Å². The number of hydrogen-bond acceptors (Lipinski definition) is 2. The molecule has 1 aromatic carbocycles. The highest BCUT2D eigenvalue weighted by Crippen LogP contribution is 2.50. The van der Waals surface area contributed by atoms with Crippen LogP contribution in [-0.4, -0.2) is 12.5 Å². The van der Waals surface area contributed by atoms with Crippen molar-refractivity contribution in [2.45, 2.75) is 19.0 Å². The van der Waals surface area contributed by atoms with Crippen molar-refractivity contribution in [1.82, 2.24) is 0 Å². The molecule has 2 N–H and O–H groups in total. The Labute approximate surface area is 101 Å². The molecule has 6 heteroatoms. The van der Waals surface area contributed by atoms with Gasteiger partial charge in [-0.25, -0.2) is 0 Å². The van der Waals surface area contributed by atoms with E-state index in [1.165, 1.54) is 12.1 Å². The maximum atomic E-state index is 12.9. The Bertz CT molecular complexity index is 521. The van der Waals surface area contributed by atoms with Crippen LogP contribution in [-0.2, 0) is 11.0 Å². The lowest BCUT2D eigenvalue weighted by Crippen LogP contribution is -2.27. The lowest BCUT2D eigenvalue weighted by molar-refractivity contribution is -0.137. The maximum absolute atomic E-state index is 12.9. The van der Waals surface area contributed by atoms with Gasteiger partial charge in [-0.1, -0.05) is 6.07 Å². The number of nitrogens with one attached hydrogen (secondary N) is 2. The van der Waals surface area contributed by atoms with Crippen LogP contribution in [0.2, 0.25) is 0 Å². The average Bonchev–Trinajstić information content (AvgIpc) is 3.07. The molecule has 1 amide bonds. The highest BCUT2D eigenvalue weighted by atomic mass is 19.4. The molecule has 0 aromatic heterocycles. The maximum Gasteiger partial charge on any atom is 0.418 e. The third kappa shape index (κ3) is 1.63. The van der Waals surface area contributed by atoms with Crippen LogP contribution in [0, 0.1) is 5.41 Å². The molecule has 1 heterocycles. The van der Waals surface area contributed by atoms with E-state index in [-0.39, 0.29) is 23.8 Å². The Morgan fingerprint density at radius 2 is 1.94 bits per heavy atom. The fraction of sp³-hybridized carbons (Fsp3) is 0.417. The van der Waals surface area contributed by atoms with E-state index in [9.17, 15) is 18.0 Å². The second-order valence-corrected chi connectivity index (χ2v) is 4.81. The molecule has 3 nitrogen and oxygen atoms in total. The third-order valence-corrected chi connectivity index (χ3v) is 3.56. The summed E-state index contributed by atoms with van der Waals surface area (Å²) in [4.78, 5) is 11.9. The van der Waals surface area contributed by atoms with Gasteiger partial charge in [-0.2, -0.15) is 13.2 Å². The standard InChI is InChI=1S/C12H11F3N2O/c13-12(14,15)7-2-1-3-8-9(7)16-6-11(4-5-11)10(18)17-8/h1-3,16H,4-6H2,(H,17,18). The first-order valence-electron chi connectivity index (χ1n) is 5.68. The normalized spacial score (nSPS) is 20.7. The summed E-state index contributed by atoms with van der Waals surface area (Å²) in [5.41, 5.74) is -1.07. The molecule has 0 radical (unpaired) electrons. The molecule has 18 heavy (non-hydrogen) atoms. The fourth-order valence-corrected chi connectivity index (χ4v) is 2.23. The van der Waals surface area contributed by atoms with Crippen LogP contribution in [0.25, 0.3) is 0 Å². The molecule has 1 aliphatic heterocycles. The lowest BCUT2D eigenvalue weighted by Gasteiger charge is -2.15. The summed E-state index contributed by atoms with van der Waals surface area (Å²) >= 11 is 0. The van der Waals surface area contributed by atoms with E-state index in [2.05, 4.69) is 10.6 Å². The Morgan fingerprint density at radius 1 is 1.22 bits per heavy atom. The molecule has 0 saturated heterocycles. The summed E-state index contributed by atoms with van der Waals surface area (Å²) < 4.78 is 38.6. The van der Waals surface area contributed by atoms with Crippen molar-refractivity contribution in [1.29, 1.82) is 0 Å². The Kier molecular flexibility index (Phi) is 2.15. The first-order valence-corrected chi connectivity index (χ1v) is 5.68. The van der Waals surface area contributed by atoms with Crippen LogP contribution < -0.4 is 10.6 Å². The molecule has 3 rings (SSSR count). The monoisotopic (exact) mass is 256 g/mol. The molecule has 0 atom stereocenters. The number of halogens is 3. The van der Waals surface area contributed by atoms with Crippen molar-refractivity contribution in [3.63, 3.8) is 0 Å². The molecule has 1 fully saturated rings. The van der Waals surface area contributed by atoms with Gasteiger partial charge >= 0.3 is 6.18 Å². The van der Waals surface area contributed by atoms with Gasteiger partial charge in [0, 0.05) is 6.54 Å². The number of amides is 1. The summed E-state index contributed by atoms with van der Waals surface area (Å²) in [6.07, 6.45) is -2.98. The van der Waals surface area contributed by atoms with E-state index in [0.29, 0.717) is 0 Å². The summed E-state index contributed by atoms with van der Waals surface area (Å²) in [7, 11) is 0. The van der Waals surface area contributed by atoms with Gasteiger partial charge in [0.25, 0.3) is 0 Å². The number of carbonyl (C=O) groups is 1. The smallest absolute Gasteiger partial charge is 0.382 e. The molecule has 1 aliphatic carbocycles. The van der Waals surface area contributed by atoms with Gasteiger partial charge in [0.15, 0.2) is 0 Å². The molecule has 1 aromatic rings. The molecular weight excluding hydrogens is 245 g/mol. The molecule has 0 bridgehead atoms. The van der Waals surface area contributed by atoms with Gasteiger partial charge < -0.3 is 10.6 Å². The molecule has 1 saturated carbocycles. The predicted molar refractivity (Wildman–Crippen MR) is 60.2 cm³/mol. The minimum absolute atomic E-state index is 0.0258. The van der Waals surface area contributed by atoms with E-state index < -0.39 is 17.2 Å². The van der Waals surface area contributed by atoms with Crippen LogP contribution in [0.1, 0.15) is 18.4 Å². The Hall–Kier alpha value is -1.72. The highest BCUT2D eigenvalue weighted by molar-refractivity contribution is 6.01. The second-order valence-electron chi connectivity index (χ2n) is 4.81. The molecule has 1 spiro atoms. The van der Waals surface area contributed by atoms with Crippen molar-refractivity contribution in [3.05, 3.63) is 23.8 Å². The first kappa shape index (κ1) is 11.4. The first-order chi connectivity index (χ1) is 8.42. The quantitative estimate of drug-likeness (QED) is 0.749. The van der Waals surface area contributed by atoms with Crippen LogP contribution in [0.15, 0.2) is 18.2 Å². The van der Waals surface area contributed by atoms with Crippen molar-refractivity contribution in [2.24, 2.45) is 5.41 Å². The topological polar surface area (TPSA) is 41.1 Å². The fourth-order valence-electron chi connectivity index (χ4n) is 2.23. The summed E-state index contributed by atoms with van der Waals surface area (Å²) in [6, 6.07) is 3.80. The average molecular weight is 256 g/mol. The van der Waals surface area contributed by atoms with Crippen LogP contribution in [0.3, 0.4) is 0 Å². The molecule has 0 unspecified atom stereocenters. The van der Waals surface area contributed by atoms with Gasteiger partial charge in [-0.15, -0.1) is 0 Å². The van der Waals surface area contributed by atoms with E-state index in [1.54, 1.807) is 0 Å². The van der Waals surface area contributed by atoms with Crippen molar-refractivity contribution in [2.75, 3.05) is 17.2 Å². The number of fused-ring (bicyclic) bond motifs is 1. The number of carbonyl (C=O) groups excluding carboxylic acids is 1. The van der Waals surface area contributed by atoms with E-state index in [4.69, 9.17) is 0 Å². The van der Waals surface area contributed by atoms with Gasteiger partial charge in [0.1, 0.15) is 0 Å². The molecule has 96 valence electrons. The van der Waals surface area contributed by atoms with Gasteiger partial charge in [-0.3, -0.25) is 4.79 Å². The number of hydrogen-bond donors (Lipinski definition) is 2. The number of para-hydroxylation sites is 1. The second kappa shape index (κ2) is 3.40. The summed E-state index contributed by atoms with van der Waals surface area (Å²) in [5, 5.41) is 5.37. The minimum Gasteiger partial charge on any atom is -0.382 e.